The maximum atomic E-state index is 4.89. The standard InChI is InChI=1S/C26H35N5S/c1-5-7-12-31-22(17-21(6-2)23-11-9-8-10-20(23)3)18-27-25(31)24-19-28-26(32-24)30-15-13-29(4)14-16-30/h6,8-11,18-19H,5,7,12-17H2,1-4H3/b21-6-. The molecule has 0 amide bonds. The van der Waals surface area contributed by atoms with Crippen LogP contribution in [0, 0.1) is 6.92 Å². The smallest absolute Gasteiger partial charge is 0.186 e. The van der Waals surface area contributed by atoms with Crippen LogP contribution >= 0.6 is 11.3 Å². The van der Waals surface area contributed by atoms with Crippen molar-refractivity contribution in [2.24, 2.45) is 0 Å². The van der Waals surface area contributed by atoms with Crippen molar-refractivity contribution in [1.82, 2.24) is 19.4 Å². The van der Waals surface area contributed by atoms with Crippen LogP contribution in [-0.4, -0.2) is 52.7 Å². The number of unbranched alkanes of at least 4 members (excludes halogenated alkanes) is 1. The van der Waals surface area contributed by atoms with E-state index < -0.39 is 0 Å². The third kappa shape index (κ3) is 4.97. The molecule has 6 heteroatoms. The van der Waals surface area contributed by atoms with E-state index in [1.165, 1.54) is 33.7 Å². The number of hydrogen-bond donors (Lipinski definition) is 0. The van der Waals surface area contributed by atoms with Gasteiger partial charge in [-0.3, -0.25) is 0 Å². The second-order valence-electron chi connectivity index (χ2n) is 8.68. The Hall–Kier alpha value is -2.44. The SMILES string of the molecule is C/C=C(/Cc1cnc(-c2cnc(N3CCN(C)CC3)s2)n1CCCC)c1ccccc1C. The average molecular weight is 450 g/mol. The molecular formula is C26H35N5S. The van der Waals surface area contributed by atoms with Gasteiger partial charge in [-0.15, -0.1) is 0 Å². The molecule has 1 fully saturated rings. The maximum absolute atomic E-state index is 4.89. The summed E-state index contributed by atoms with van der Waals surface area (Å²) in [6.45, 7) is 11.8. The molecule has 1 saturated heterocycles. The van der Waals surface area contributed by atoms with Gasteiger partial charge in [0.25, 0.3) is 0 Å². The van der Waals surface area contributed by atoms with Crippen molar-refractivity contribution >= 4 is 22.0 Å². The summed E-state index contributed by atoms with van der Waals surface area (Å²) in [6.07, 6.45) is 9.54. The van der Waals surface area contributed by atoms with Crippen LogP contribution in [0.25, 0.3) is 16.3 Å². The molecule has 0 atom stereocenters. The molecule has 3 aromatic rings. The molecule has 0 N–H and O–H groups in total. The van der Waals surface area contributed by atoms with Crippen molar-refractivity contribution in [3.63, 3.8) is 0 Å². The molecule has 1 aromatic carbocycles. The molecule has 5 nitrogen and oxygen atoms in total. The number of piperazine rings is 1. The lowest BCUT2D eigenvalue weighted by molar-refractivity contribution is 0.313. The van der Waals surface area contributed by atoms with E-state index in [2.05, 4.69) is 78.7 Å². The predicted octanol–water partition coefficient (Wildman–Crippen LogP) is 5.51. The van der Waals surface area contributed by atoms with Crippen LogP contribution in [0.4, 0.5) is 5.13 Å². The van der Waals surface area contributed by atoms with Crippen LogP contribution in [0.5, 0.6) is 0 Å². The molecule has 4 rings (SSSR count). The summed E-state index contributed by atoms with van der Waals surface area (Å²) in [5.74, 6) is 1.06. The van der Waals surface area contributed by atoms with Gasteiger partial charge in [-0.1, -0.05) is 55.0 Å². The number of benzene rings is 1. The molecule has 0 bridgehead atoms. The van der Waals surface area contributed by atoms with Crippen LogP contribution in [-0.2, 0) is 13.0 Å². The predicted molar refractivity (Wildman–Crippen MR) is 136 cm³/mol. The van der Waals surface area contributed by atoms with Crippen molar-refractivity contribution in [3.8, 4) is 10.7 Å². The fourth-order valence-corrected chi connectivity index (χ4v) is 5.28. The average Bonchev–Trinajstić information content (AvgIpc) is 3.44. The Labute approximate surface area is 196 Å². The Morgan fingerprint density at radius 2 is 1.88 bits per heavy atom. The van der Waals surface area contributed by atoms with Crippen LogP contribution in [0.15, 0.2) is 42.7 Å². The molecular weight excluding hydrogens is 414 g/mol. The van der Waals surface area contributed by atoms with E-state index in [0.717, 1.165) is 56.5 Å². The van der Waals surface area contributed by atoms with E-state index >= 15 is 0 Å². The van der Waals surface area contributed by atoms with Gasteiger partial charge in [0.15, 0.2) is 11.0 Å². The first-order valence-corrected chi connectivity index (χ1v) is 12.6. The van der Waals surface area contributed by atoms with Gasteiger partial charge in [0, 0.05) is 51.0 Å². The monoisotopic (exact) mass is 449 g/mol. The summed E-state index contributed by atoms with van der Waals surface area (Å²) in [6, 6.07) is 8.65. The Bertz CT molecular complexity index is 1060. The van der Waals surface area contributed by atoms with Gasteiger partial charge in [-0.05, 0) is 44.0 Å². The number of imidazole rings is 1. The Morgan fingerprint density at radius 3 is 2.59 bits per heavy atom. The Balaban J connectivity index is 1.61. The molecule has 1 aliphatic rings. The van der Waals surface area contributed by atoms with Crippen LogP contribution < -0.4 is 4.90 Å². The van der Waals surface area contributed by atoms with Crippen molar-refractivity contribution < 1.29 is 0 Å². The van der Waals surface area contributed by atoms with E-state index in [9.17, 15) is 0 Å². The van der Waals surface area contributed by atoms with Crippen LogP contribution in [0.1, 0.15) is 43.5 Å². The van der Waals surface area contributed by atoms with Crippen molar-refractivity contribution in [1.29, 1.82) is 0 Å². The number of rotatable bonds is 8. The van der Waals surface area contributed by atoms with Crippen molar-refractivity contribution in [2.75, 3.05) is 38.1 Å². The number of likely N-dealkylation sites (N-methyl/N-ethyl adjacent to an activating group) is 1. The lowest BCUT2D eigenvalue weighted by Gasteiger charge is -2.32. The van der Waals surface area contributed by atoms with Crippen LogP contribution in [0.3, 0.4) is 0 Å². The highest BCUT2D eigenvalue weighted by Crippen LogP contribution is 2.33. The Kier molecular flexibility index (Phi) is 7.43. The largest absolute Gasteiger partial charge is 0.346 e. The van der Waals surface area contributed by atoms with Gasteiger partial charge in [-0.25, -0.2) is 9.97 Å². The Morgan fingerprint density at radius 1 is 1.09 bits per heavy atom. The van der Waals surface area contributed by atoms with Gasteiger partial charge in [-0.2, -0.15) is 0 Å². The van der Waals surface area contributed by atoms with E-state index in [1.54, 1.807) is 11.3 Å². The molecule has 0 unspecified atom stereocenters. The van der Waals surface area contributed by atoms with Gasteiger partial charge < -0.3 is 14.4 Å². The van der Waals surface area contributed by atoms with Crippen LogP contribution in [0.2, 0.25) is 0 Å². The first kappa shape index (κ1) is 22.7. The quantitative estimate of drug-likeness (QED) is 0.454. The van der Waals surface area contributed by atoms with Gasteiger partial charge in [0.05, 0.1) is 11.1 Å². The van der Waals surface area contributed by atoms with Crippen molar-refractivity contribution in [3.05, 3.63) is 59.6 Å². The summed E-state index contributed by atoms with van der Waals surface area (Å²) in [4.78, 5) is 15.6. The topological polar surface area (TPSA) is 37.2 Å². The molecule has 2 aromatic heterocycles. The number of thiazole rings is 1. The first-order valence-electron chi connectivity index (χ1n) is 11.8. The number of hydrogen-bond acceptors (Lipinski definition) is 5. The van der Waals surface area contributed by atoms with Gasteiger partial charge in [0.1, 0.15) is 0 Å². The normalized spacial score (nSPS) is 15.5. The molecule has 1 aliphatic heterocycles. The summed E-state index contributed by atoms with van der Waals surface area (Å²) in [5, 5.41) is 1.12. The number of nitrogens with zero attached hydrogens (tertiary/aromatic N) is 5. The molecule has 170 valence electrons. The highest BCUT2D eigenvalue weighted by molar-refractivity contribution is 7.18. The molecule has 0 aliphatic carbocycles. The summed E-state index contributed by atoms with van der Waals surface area (Å²) in [7, 11) is 2.19. The second kappa shape index (κ2) is 10.5. The van der Waals surface area contributed by atoms with E-state index in [4.69, 9.17) is 9.97 Å². The third-order valence-corrected chi connectivity index (χ3v) is 7.43. The molecule has 32 heavy (non-hydrogen) atoms. The highest BCUT2D eigenvalue weighted by atomic mass is 32.1. The van der Waals surface area contributed by atoms with E-state index in [0.29, 0.717) is 0 Å². The van der Waals surface area contributed by atoms with E-state index in [-0.39, 0.29) is 0 Å². The lowest BCUT2D eigenvalue weighted by atomic mass is 9.97. The zero-order chi connectivity index (χ0) is 22.5. The van der Waals surface area contributed by atoms with Crippen molar-refractivity contribution in [2.45, 2.75) is 46.6 Å². The third-order valence-electron chi connectivity index (χ3n) is 6.37. The number of aromatic nitrogens is 3. The summed E-state index contributed by atoms with van der Waals surface area (Å²) >= 11 is 1.78. The lowest BCUT2D eigenvalue weighted by Crippen LogP contribution is -2.44. The molecule has 0 radical (unpaired) electrons. The fourth-order valence-electron chi connectivity index (χ4n) is 4.31. The number of allylic oxidation sites excluding steroid dienone is 2. The zero-order valence-corrected chi connectivity index (χ0v) is 20.7. The second-order valence-corrected chi connectivity index (χ2v) is 9.69. The maximum Gasteiger partial charge on any atom is 0.186 e. The molecule has 3 heterocycles. The summed E-state index contributed by atoms with van der Waals surface area (Å²) < 4.78 is 2.42. The minimum absolute atomic E-state index is 0.891. The minimum Gasteiger partial charge on any atom is -0.346 e. The molecule has 0 saturated carbocycles. The summed E-state index contributed by atoms with van der Waals surface area (Å²) in [5.41, 5.74) is 5.28. The molecule has 0 spiro atoms. The van der Waals surface area contributed by atoms with E-state index in [1.807, 2.05) is 6.20 Å². The zero-order valence-electron chi connectivity index (χ0n) is 19.8. The fraction of sp³-hybridized carbons (Fsp3) is 0.462. The van der Waals surface area contributed by atoms with Gasteiger partial charge in [0.2, 0.25) is 0 Å². The minimum atomic E-state index is 0.891. The first-order chi connectivity index (χ1) is 15.6. The highest BCUT2D eigenvalue weighted by Gasteiger charge is 2.20. The number of aryl methyl sites for hydroxylation is 1. The van der Waals surface area contributed by atoms with Gasteiger partial charge >= 0.3 is 0 Å². The number of anilines is 1.